The average molecular weight is 297 g/mol. The van der Waals surface area contributed by atoms with Gasteiger partial charge in [-0.05, 0) is 6.42 Å². The topological polar surface area (TPSA) is 99.3 Å². The van der Waals surface area contributed by atoms with Crippen molar-refractivity contribution in [1.29, 1.82) is 5.26 Å². The number of hydrogen-bond acceptors (Lipinski definition) is 5. The highest BCUT2D eigenvalue weighted by Gasteiger charge is 2.24. The Morgan fingerprint density at radius 3 is 2.70 bits per heavy atom. The summed E-state index contributed by atoms with van der Waals surface area (Å²) in [5.74, 6) is 0. The number of nitrogens with zero attached hydrogens (tertiary/aromatic N) is 5. The Bertz CT molecular complexity index is 645. The first kappa shape index (κ1) is 14.5. The van der Waals surface area contributed by atoms with E-state index in [4.69, 9.17) is 5.26 Å². The summed E-state index contributed by atoms with van der Waals surface area (Å²) in [5.41, 5.74) is 0.311. The van der Waals surface area contributed by atoms with Gasteiger partial charge in [0.05, 0.1) is 24.2 Å². The molecule has 0 N–H and O–H groups in total. The Morgan fingerprint density at radius 2 is 2.10 bits per heavy atom. The van der Waals surface area contributed by atoms with Crippen LogP contribution in [0.25, 0.3) is 0 Å². The molecule has 108 valence electrons. The zero-order valence-corrected chi connectivity index (χ0v) is 11.9. The fourth-order valence-corrected chi connectivity index (χ4v) is 2.92. The molecule has 1 aliphatic heterocycles. The van der Waals surface area contributed by atoms with Crippen LogP contribution in [0.2, 0.25) is 0 Å². The maximum absolute atomic E-state index is 12.2. The van der Waals surface area contributed by atoms with Gasteiger partial charge in [-0.1, -0.05) is 0 Å². The fraction of sp³-hybridized carbons (Fsp3) is 0.545. The molecule has 0 unspecified atom stereocenters. The van der Waals surface area contributed by atoms with Crippen LogP contribution in [0.3, 0.4) is 0 Å². The molecule has 0 aliphatic carbocycles. The average Bonchev–Trinajstić information content (AvgIpc) is 2.72. The summed E-state index contributed by atoms with van der Waals surface area (Å²) in [6, 6.07) is 1.56. The van der Waals surface area contributed by atoms with E-state index in [0.717, 1.165) is 10.9 Å². The molecule has 1 aliphatic rings. The molecule has 2 heterocycles. The molecule has 1 aromatic rings. The van der Waals surface area contributed by atoms with Gasteiger partial charge in [0.25, 0.3) is 0 Å². The highest BCUT2D eigenvalue weighted by molar-refractivity contribution is 7.88. The minimum Gasteiger partial charge on any atom is -0.321 e. The van der Waals surface area contributed by atoms with Crippen LogP contribution in [-0.2, 0) is 10.0 Å². The molecule has 0 saturated carbocycles. The first-order valence-electron chi connectivity index (χ1n) is 6.11. The van der Waals surface area contributed by atoms with E-state index in [2.05, 4.69) is 5.10 Å². The number of nitriles is 1. The van der Waals surface area contributed by atoms with Crippen LogP contribution < -0.4 is 0 Å². The minimum absolute atomic E-state index is 0.275. The maximum Gasteiger partial charge on any atom is 0.344 e. The first-order chi connectivity index (χ1) is 9.41. The summed E-state index contributed by atoms with van der Waals surface area (Å²) in [6.07, 6.45) is 4.42. The molecule has 1 aromatic heterocycles. The van der Waals surface area contributed by atoms with Crippen molar-refractivity contribution in [2.24, 2.45) is 0 Å². The van der Waals surface area contributed by atoms with E-state index in [1.165, 1.54) is 16.7 Å². The molecule has 0 spiro atoms. The van der Waals surface area contributed by atoms with Gasteiger partial charge in [0.15, 0.2) is 0 Å². The SMILES string of the molecule is CS(=O)(=O)N1CCCN(C(=O)n2cc(C#N)cn2)CC1. The quantitative estimate of drug-likeness (QED) is 0.708. The van der Waals surface area contributed by atoms with E-state index < -0.39 is 10.0 Å². The third-order valence-corrected chi connectivity index (χ3v) is 4.41. The van der Waals surface area contributed by atoms with Gasteiger partial charge in [0.1, 0.15) is 6.07 Å². The Hall–Kier alpha value is -1.92. The van der Waals surface area contributed by atoms with Crippen molar-refractivity contribution in [2.45, 2.75) is 6.42 Å². The number of sulfonamides is 1. The molecule has 1 amide bonds. The van der Waals surface area contributed by atoms with E-state index in [9.17, 15) is 13.2 Å². The lowest BCUT2D eigenvalue weighted by Crippen LogP contribution is -2.39. The van der Waals surface area contributed by atoms with Gasteiger partial charge in [-0.25, -0.2) is 17.5 Å². The van der Waals surface area contributed by atoms with Crippen LogP contribution in [0.4, 0.5) is 4.79 Å². The Kier molecular flexibility index (Phi) is 4.06. The van der Waals surface area contributed by atoms with Crippen molar-refractivity contribution in [2.75, 3.05) is 32.4 Å². The zero-order chi connectivity index (χ0) is 14.8. The lowest BCUT2D eigenvalue weighted by molar-refractivity contribution is 0.199. The van der Waals surface area contributed by atoms with Crippen LogP contribution in [0.15, 0.2) is 12.4 Å². The lowest BCUT2D eigenvalue weighted by atomic mass is 10.4. The summed E-state index contributed by atoms with van der Waals surface area (Å²) >= 11 is 0. The van der Waals surface area contributed by atoms with E-state index in [0.29, 0.717) is 31.6 Å². The highest BCUT2D eigenvalue weighted by Crippen LogP contribution is 2.08. The monoisotopic (exact) mass is 297 g/mol. The number of hydrogen-bond donors (Lipinski definition) is 0. The van der Waals surface area contributed by atoms with Crippen LogP contribution in [0.5, 0.6) is 0 Å². The van der Waals surface area contributed by atoms with Crippen molar-refractivity contribution in [1.82, 2.24) is 19.0 Å². The highest BCUT2D eigenvalue weighted by atomic mass is 32.2. The second-order valence-electron chi connectivity index (χ2n) is 4.57. The molecular weight excluding hydrogens is 282 g/mol. The van der Waals surface area contributed by atoms with Crippen LogP contribution in [-0.4, -0.2) is 65.9 Å². The molecule has 20 heavy (non-hydrogen) atoms. The van der Waals surface area contributed by atoms with Gasteiger partial charge >= 0.3 is 6.03 Å². The zero-order valence-electron chi connectivity index (χ0n) is 11.1. The van der Waals surface area contributed by atoms with E-state index in [1.54, 1.807) is 4.90 Å². The Labute approximate surface area is 117 Å². The van der Waals surface area contributed by atoms with E-state index in [1.807, 2.05) is 6.07 Å². The van der Waals surface area contributed by atoms with Gasteiger partial charge in [0.2, 0.25) is 10.0 Å². The number of amides is 1. The second-order valence-corrected chi connectivity index (χ2v) is 6.55. The van der Waals surface area contributed by atoms with Gasteiger partial charge in [0, 0.05) is 26.2 Å². The van der Waals surface area contributed by atoms with Crippen molar-refractivity contribution < 1.29 is 13.2 Å². The molecule has 0 bridgehead atoms. The number of carbonyl (C=O) groups is 1. The minimum atomic E-state index is -3.23. The number of rotatable bonds is 1. The molecule has 0 radical (unpaired) electrons. The van der Waals surface area contributed by atoms with E-state index >= 15 is 0 Å². The van der Waals surface area contributed by atoms with Crippen molar-refractivity contribution in [3.8, 4) is 6.07 Å². The third-order valence-electron chi connectivity index (χ3n) is 3.10. The Balaban J connectivity index is 2.07. The summed E-state index contributed by atoms with van der Waals surface area (Å²) < 4.78 is 25.5. The van der Waals surface area contributed by atoms with Gasteiger partial charge in [-0.2, -0.15) is 15.0 Å². The summed E-state index contributed by atoms with van der Waals surface area (Å²) in [5, 5.41) is 12.5. The Morgan fingerprint density at radius 1 is 1.35 bits per heavy atom. The largest absolute Gasteiger partial charge is 0.344 e. The van der Waals surface area contributed by atoms with Crippen molar-refractivity contribution in [3.63, 3.8) is 0 Å². The predicted molar refractivity (Wildman–Crippen MR) is 70.3 cm³/mol. The molecule has 8 nitrogen and oxygen atoms in total. The molecule has 1 saturated heterocycles. The second kappa shape index (κ2) is 5.60. The van der Waals surface area contributed by atoms with Crippen LogP contribution in [0.1, 0.15) is 12.0 Å². The molecule has 9 heteroatoms. The maximum atomic E-state index is 12.2. The standard InChI is InChI=1S/C11H15N5O3S/c1-20(18,19)15-4-2-3-14(5-6-15)11(17)16-9-10(7-12)8-13-16/h8-9H,2-6H2,1H3. The van der Waals surface area contributed by atoms with Crippen molar-refractivity contribution in [3.05, 3.63) is 18.0 Å². The van der Waals surface area contributed by atoms with Gasteiger partial charge in [-0.3, -0.25) is 0 Å². The molecule has 2 rings (SSSR count). The third kappa shape index (κ3) is 3.15. The summed E-state index contributed by atoms with van der Waals surface area (Å²) in [4.78, 5) is 13.7. The van der Waals surface area contributed by atoms with Crippen molar-refractivity contribution >= 4 is 16.1 Å². The number of aromatic nitrogens is 2. The van der Waals surface area contributed by atoms with Gasteiger partial charge in [-0.15, -0.1) is 0 Å². The van der Waals surface area contributed by atoms with Crippen LogP contribution >= 0.6 is 0 Å². The number of carbonyl (C=O) groups excluding carboxylic acids is 1. The van der Waals surface area contributed by atoms with E-state index in [-0.39, 0.29) is 12.6 Å². The normalized spacial score (nSPS) is 17.5. The molecule has 0 aromatic carbocycles. The summed E-state index contributed by atoms with van der Waals surface area (Å²) in [7, 11) is -3.23. The molecular formula is C11H15N5O3S. The lowest BCUT2D eigenvalue weighted by Gasteiger charge is -2.20. The predicted octanol–water partition coefficient (Wildman–Crippen LogP) is -0.310. The molecule has 0 atom stereocenters. The molecule has 1 fully saturated rings. The fourth-order valence-electron chi connectivity index (χ4n) is 2.05. The van der Waals surface area contributed by atoms with Crippen LogP contribution in [0, 0.1) is 11.3 Å². The first-order valence-corrected chi connectivity index (χ1v) is 7.96. The smallest absolute Gasteiger partial charge is 0.321 e. The van der Waals surface area contributed by atoms with Gasteiger partial charge < -0.3 is 4.90 Å². The summed E-state index contributed by atoms with van der Waals surface area (Å²) in [6.45, 7) is 1.46.